The molecule has 0 saturated carbocycles. The van der Waals surface area contributed by atoms with E-state index in [4.69, 9.17) is 0 Å². The Labute approximate surface area is 179 Å². The van der Waals surface area contributed by atoms with Crippen molar-refractivity contribution in [2.75, 3.05) is 18.4 Å². The summed E-state index contributed by atoms with van der Waals surface area (Å²) in [5.74, 6) is 0.0248. The third-order valence-electron chi connectivity index (χ3n) is 5.56. The molecule has 1 fully saturated rings. The Bertz CT molecular complexity index is 1180. The van der Waals surface area contributed by atoms with Crippen LogP contribution in [0.25, 0.3) is 10.9 Å². The van der Waals surface area contributed by atoms with Gasteiger partial charge in [0.25, 0.3) is 5.56 Å². The second kappa shape index (κ2) is 9.03. The van der Waals surface area contributed by atoms with E-state index in [2.05, 4.69) is 20.6 Å². The number of fused-ring (bicyclic) bond motifs is 1. The van der Waals surface area contributed by atoms with Gasteiger partial charge in [-0.15, -0.1) is 5.10 Å². The van der Waals surface area contributed by atoms with Crippen LogP contribution in [0.4, 0.5) is 5.82 Å². The molecule has 2 aromatic heterocycles. The van der Waals surface area contributed by atoms with E-state index >= 15 is 0 Å². The Hall–Kier alpha value is -3.62. The first-order valence-electron chi connectivity index (χ1n) is 10.4. The molecule has 160 valence electrons. The lowest BCUT2D eigenvalue weighted by atomic mass is 9.96. The largest absolute Gasteiger partial charge is 0.342 e. The maximum absolute atomic E-state index is 12.7. The number of nitrogens with zero attached hydrogens (tertiary/aromatic N) is 5. The van der Waals surface area contributed by atoms with Crippen LogP contribution < -0.4 is 10.9 Å². The summed E-state index contributed by atoms with van der Waals surface area (Å²) in [6, 6.07) is 10.7. The molecule has 1 aromatic carbocycles. The fourth-order valence-electron chi connectivity index (χ4n) is 3.78. The average Bonchev–Trinajstić information content (AvgIpc) is 2.80. The summed E-state index contributed by atoms with van der Waals surface area (Å²) in [6.07, 6.45) is 3.23. The number of hydrogen-bond donors (Lipinski definition) is 1. The Morgan fingerprint density at radius 2 is 2.03 bits per heavy atom. The van der Waals surface area contributed by atoms with E-state index in [0.717, 1.165) is 18.4 Å². The minimum absolute atomic E-state index is 0.103. The Morgan fingerprint density at radius 3 is 2.87 bits per heavy atom. The number of aromatic nitrogens is 4. The number of carbonyl (C=O) groups excluding carboxylic acids is 2. The number of hydrogen-bond acceptors (Lipinski definition) is 6. The zero-order chi connectivity index (χ0) is 21.8. The van der Waals surface area contributed by atoms with Gasteiger partial charge in [-0.05, 0) is 43.5 Å². The number of amides is 2. The number of aryl methyl sites for hydroxylation is 2. The zero-order valence-corrected chi connectivity index (χ0v) is 17.3. The molecule has 4 rings (SSSR count). The molecule has 9 heteroatoms. The molecule has 0 aliphatic carbocycles. The second-order valence-electron chi connectivity index (χ2n) is 7.72. The van der Waals surface area contributed by atoms with Gasteiger partial charge < -0.3 is 10.2 Å². The van der Waals surface area contributed by atoms with E-state index in [9.17, 15) is 14.4 Å². The van der Waals surface area contributed by atoms with Gasteiger partial charge in [-0.25, -0.2) is 9.67 Å². The van der Waals surface area contributed by atoms with Crippen molar-refractivity contribution in [2.45, 2.75) is 32.7 Å². The van der Waals surface area contributed by atoms with Gasteiger partial charge >= 0.3 is 0 Å². The number of nitrogens with one attached hydrogen (secondary N) is 1. The van der Waals surface area contributed by atoms with Crippen LogP contribution in [0.2, 0.25) is 0 Å². The smallest absolute Gasteiger partial charge is 0.277 e. The fraction of sp³-hybridized carbons (Fsp3) is 0.364. The molecule has 1 atom stereocenters. The monoisotopic (exact) mass is 420 g/mol. The van der Waals surface area contributed by atoms with Crippen LogP contribution in [0.15, 0.2) is 47.4 Å². The third kappa shape index (κ3) is 4.60. The number of pyridine rings is 1. The SMILES string of the molecule is Cc1cccnc1NC(=O)C1CCCN(C(=O)CCn2nnc3ccccc3c2=O)C1. The van der Waals surface area contributed by atoms with Gasteiger partial charge in [-0.1, -0.05) is 23.4 Å². The highest BCUT2D eigenvalue weighted by Crippen LogP contribution is 2.20. The molecule has 0 radical (unpaired) electrons. The zero-order valence-electron chi connectivity index (χ0n) is 17.3. The number of benzene rings is 1. The summed E-state index contributed by atoms with van der Waals surface area (Å²) < 4.78 is 1.22. The van der Waals surface area contributed by atoms with Crippen LogP contribution in [0, 0.1) is 12.8 Å². The van der Waals surface area contributed by atoms with Crippen LogP contribution in [-0.4, -0.2) is 49.8 Å². The molecule has 0 spiro atoms. The van der Waals surface area contributed by atoms with Crippen molar-refractivity contribution >= 4 is 28.5 Å². The maximum atomic E-state index is 12.7. The molecule has 1 N–H and O–H groups in total. The van der Waals surface area contributed by atoms with Gasteiger partial charge in [0.05, 0.1) is 17.8 Å². The molecule has 2 amide bonds. The summed E-state index contributed by atoms with van der Waals surface area (Å²) in [6.45, 7) is 2.99. The summed E-state index contributed by atoms with van der Waals surface area (Å²) in [4.78, 5) is 43.9. The van der Waals surface area contributed by atoms with Crippen molar-refractivity contribution in [3.63, 3.8) is 0 Å². The molecule has 9 nitrogen and oxygen atoms in total. The molecule has 1 aliphatic heterocycles. The summed E-state index contributed by atoms with van der Waals surface area (Å²) >= 11 is 0. The standard InChI is InChI=1S/C22H24N6O3/c1-15-6-4-11-23-20(15)24-21(30)16-7-5-12-27(14-16)19(29)10-13-28-22(31)17-8-2-3-9-18(17)25-26-28/h2-4,6,8-9,11,16H,5,7,10,12-14H2,1H3,(H,23,24,30). The molecule has 3 aromatic rings. The average molecular weight is 420 g/mol. The second-order valence-corrected chi connectivity index (χ2v) is 7.72. The van der Waals surface area contributed by atoms with Crippen molar-refractivity contribution in [1.82, 2.24) is 24.9 Å². The van der Waals surface area contributed by atoms with Crippen molar-refractivity contribution in [1.29, 1.82) is 0 Å². The summed E-state index contributed by atoms with van der Waals surface area (Å²) in [7, 11) is 0. The highest BCUT2D eigenvalue weighted by Gasteiger charge is 2.28. The summed E-state index contributed by atoms with van der Waals surface area (Å²) in [5, 5.41) is 11.3. The number of likely N-dealkylation sites (tertiary alicyclic amines) is 1. The lowest BCUT2D eigenvalue weighted by molar-refractivity contribution is -0.134. The molecular weight excluding hydrogens is 396 g/mol. The minimum atomic E-state index is -0.290. The fourth-order valence-corrected chi connectivity index (χ4v) is 3.78. The minimum Gasteiger partial charge on any atom is -0.342 e. The normalized spacial score (nSPS) is 16.3. The van der Waals surface area contributed by atoms with Crippen molar-refractivity contribution < 1.29 is 9.59 Å². The molecule has 0 bridgehead atoms. The van der Waals surface area contributed by atoms with Gasteiger partial charge in [0.1, 0.15) is 11.3 Å². The van der Waals surface area contributed by atoms with Gasteiger partial charge in [-0.2, -0.15) is 0 Å². The van der Waals surface area contributed by atoms with Gasteiger partial charge in [0, 0.05) is 25.7 Å². The van der Waals surface area contributed by atoms with Crippen molar-refractivity contribution in [3.8, 4) is 0 Å². The first-order chi connectivity index (χ1) is 15.0. The van der Waals surface area contributed by atoms with E-state index in [1.807, 2.05) is 19.1 Å². The van der Waals surface area contributed by atoms with E-state index in [1.165, 1.54) is 4.68 Å². The Kier molecular flexibility index (Phi) is 6.01. The molecule has 1 aliphatic rings. The lowest BCUT2D eigenvalue weighted by Gasteiger charge is -2.32. The molecule has 1 unspecified atom stereocenters. The topological polar surface area (TPSA) is 110 Å². The van der Waals surface area contributed by atoms with Gasteiger partial charge in [-0.3, -0.25) is 14.4 Å². The first kappa shape index (κ1) is 20.6. The summed E-state index contributed by atoms with van der Waals surface area (Å²) in [5.41, 5.74) is 1.16. The van der Waals surface area contributed by atoms with E-state index in [-0.39, 0.29) is 36.3 Å². The number of anilines is 1. The third-order valence-corrected chi connectivity index (χ3v) is 5.56. The predicted molar refractivity (Wildman–Crippen MR) is 115 cm³/mol. The van der Waals surface area contributed by atoms with E-state index in [0.29, 0.717) is 29.8 Å². The van der Waals surface area contributed by atoms with E-state index in [1.54, 1.807) is 35.4 Å². The van der Waals surface area contributed by atoms with Crippen LogP contribution >= 0.6 is 0 Å². The number of piperidine rings is 1. The highest BCUT2D eigenvalue weighted by atomic mass is 16.2. The molecule has 3 heterocycles. The van der Waals surface area contributed by atoms with Crippen molar-refractivity contribution in [3.05, 3.63) is 58.5 Å². The van der Waals surface area contributed by atoms with Gasteiger partial charge in [0.15, 0.2) is 0 Å². The van der Waals surface area contributed by atoms with Crippen LogP contribution in [-0.2, 0) is 16.1 Å². The molecule has 1 saturated heterocycles. The Morgan fingerprint density at radius 1 is 1.19 bits per heavy atom. The van der Waals surface area contributed by atoms with Gasteiger partial charge in [0.2, 0.25) is 11.8 Å². The van der Waals surface area contributed by atoms with Crippen LogP contribution in [0.3, 0.4) is 0 Å². The number of carbonyl (C=O) groups is 2. The predicted octanol–water partition coefficient (Wildman–Crippen LogP) is 1.76. The van der Waals surface area contributed by atoms with E-state index < -0.39 is 0 Å². The van der Waals surface area contributed by atoms with Crippen LogP contribution in [0.1, 0.15) is 24.8 Å². The first-order valence-corrected chi connectivity index (χ1v) is 10.4. The molecule has 31 heavy (non-hydrogen) atoms. The maximum Gasteiger partial charge on any atom is 0.277 e. The Balaban J connectivity index is 1.37. The van der Waals surface area contributed by atoms with Crippen molar-refractivity contribution in [2.24, 2.45) is 5.92 Å². The highest BCUT2D eigenvalue weighted by molar-refractivity contribution is 5.93. The number of rotatable bonds is 5. The lowest BCUT2D eigenvalue weighted by Crippen LogP contribution is -2.44. The molecular formula is C22H24N6O3. The van der Waals surface area contributed by atoms with Crippen LogP contribution in [0.5, 0.6) is 0 Å². The quantitative estimate of drug-likeness (QED) is 0.674.